The summed E-state index contributed by atoms with van der Waals surface area (Å²) >= 11 is 0. The van der Waals surface area contributed by atoms with Gasteiger partial charge < -0.3 is 20.5 Å². The summed E-state index contributed by atoms with van der Waals surface area (Å²) in [5.41, 5.74) is 6.33. The molecule has 2 rings (SSSR count). The van der Waals surface area contributed by atoms with Crippen LogP contribution in [-0.4, -0.2) is 67.4 Å². The van der Waals surface area contributed by atoms with Crippen LogP contribution in [0, 0.1) is 0 Å². The summed E-state index contributed by atoms with van der Waals surface area (Å²) in [5, 5.41) is 10.0. The van der Waals surface area contributed by atoms with Crippen LogP contribution in [0.5, 0.6) is 5.75 Å². The van der Waals surface area contributed by atoms with E-state index in [-0.39, 0.29) is 0 Å². The van der Waals surface area contributed by atoms with E-state index in [1.165, 1.54) is 6.42 Å². The number of hydrogen-bond acceptors (Lipinski definition) is 5. The number of aliphatic hydroxyl groups excluding tert-OH is 1. The zero-order chi connectivity index (χ0) is 14.5. The van der Waals surface area contributed by atoms with Crippen molar-refractivity contribution >= 4 is 5.69 Å². The Morgan fingerprint density at radius 3 is 2.70 bits per heavy atom. The number of nitrogen functional groups attached to an aromatic ring is 1. The van der Waals surface area contributed by atoms with E-state index < -0.39 is 6.10 Å². The molecular formula is C15H25N3O2. The highest BCUT2D eigenvalue weighted by Crippen LogP contribution is 2.15. The van der Waals surface area contributed by atoms with Gasteiger partial charge in [0.1, 0.15) is 18.5 Å². The Labute approximate surface area is 120 Å². The standard InChI is InChI=1S/C15H25N3O2/c1-17(2)13-7-8-18(9-13)10-14(19)11-20-15-5-3-12(16)4-6-15/h3-6,13-14,19H,7-11,16H2,1-2H3. The summed E-state index contributed by atoms with van der Waals surface area (Å²) in [7, 11) is 4.21. The van der Waals surface area contributed by atoms with Gasteiger partial charge in [-0.2, -0.15) is 0 Å². The van der Waals surface area contributed by atoms with E-state index in [0.29, 0.717) is 24.9 Å². The van der Waals surface area contributed by atoms with Crippen LogP contribution in [0.25, 0.3) is 0 Å². The van der Waals surface area contributed by atoms with Crippen LogP contribution < -0.4 is 10.5 Å². The molecule has 2 atom stereocenters. The smallest absolute Gasteiger partial charge is 0.119 e. The van der Waals surface area contributed by atoms with Crippen LogP contribution >= 0.6 is 0 Å². The van der Waals surface area contributed by atoms with Gasteiger partial charge in [0.25, 0.3) is 0 Å². The van der Waals surface area contributed by atoms with Gasteiger partial charge in [-0.25, -0.2) is 0 Å². The van der Waals surface area contributed by atoms with E-state index in [1.54, 1.807) is 12.1 Å². The van der Waals surface area contributed by atoms with Gasteiger partial charge in [-0.15, -0.1) is 0 Å². The molecule has 0 aliphatic carbocycles. The number of likely N-dealkylation sites (tertiary alicyclic amines) is 1. The van der Waals surface area contributed by atoms with E-state index in [4.69, 9.17) is 10.5 Å². The summed E-state index contributed by atoms with van der Waals surface area (Å²) in [6.45, 7) is 3.04. The van der Waals surface area contributed by atoms with Crippen molar-refractivity contribution in [2.24, 2.45) is 0 Å². The van der Waals surface area contributed by atoms with Gasteiger partial charge in [-0.05, 0) is 51.3 Å². The lowest BCUT2D eigenvalue weighted by atomic mass is 10.2. The third-order valence-corrected chi connectivity index (χ3v) is 3.77. The van der Waals surface area contributed by atoms with Gasteiger partial charge >= 0.3 is 0 Å². The number of nitrogens with zero attached hydrogens (tertiary/aromatic N) is 2. The number of β-amino-alcohol motifs (C(OH)–C–C–N with tert-alkyl or cyclic N) is 1. The minimum Gasteiger partial charge on any atom is -0.491 e. The normalized spacial score (nSPS) is 21.3. The Morgan fingerprint density at radius 1 is 1.40 bits per heavy atom. The molecule has 1 aliphatic rings. The second-order valence-corrected chi connectivity index (χ2v) is 5.70. The number of hydrogen-bond donors (Lipinski definition) is 2. The van der Waals surface area contributed by atoms with Gasteiger partial charge in [0.05, 0.1) is 0 Å². The molecule has 0 radical (unpaired) electrons. The first-order valence-corrected chi connectivity index (χ1v) is 7.10. The van der Waals surface area contributed by atoms with E-state index in [1.807, 2.05) is 12.1 Å². The Hall–Kier alpha value is -1.30. The highest BCUT2D eigenvalue weighted by atomic mass is 16.5. The lowest BCUT2D eigenvalue weighted by molar-refractivity contribution is 0.0739. The molecule has 0 bridgehead atoms. The van der Waals surface area contributed by atoms with Crippen LogP contribution in [0.2, 0.25) is 0 Å². The molecule has 2 unspecified atom stereocenters. The zero-order valence-electron chi connectivity index (χ0n) is 12.3. The SMILES string of the molecule is CN(C)C1CCN(CC(O)COc2ccc(N)cc2)C1. The predicted molar refractivity (Wildman–Crippen MR) is 80.9 cm³/mol. The Balaban J connectivity index is 1.70. The zero-order valence-corrected chi connectivity index (χ0v) is 12.3. The maximum Gasteiger partial charge on any atom is 0.119 e. The minimum absolute atomic E-state index is 0.313. The summed E-state index contributed by atoms with van der Waals surface area (Å²) < 4.78 is 5.56. The van der Waals surface area contributed by atoms with Gasteiger partial charge in [0, 0.05) is 24.8 Å². The van der Waals surface area contributed by atoms with E-state index >= 15 is 0 Å². The molecule has 112 valence electrons. The molecule has 1 saturated heterocycles. The predicted octanol–water partition coefficient (Wildman–Crippen LogP) is 0.644. The fourth-order valence-corrected chi connectivity index (χ4v) is 2.51. The van der Waals surface area contributed by atoms with Crippen molar-refractivity contribution in [3.05, 3.63) is 24.3 Å². The van der Waals surface area contributed by atoms with Crippen LogP contribution in [0.1, 0.15) is 6.42 Å². The topological polar surface area (TPSA) is 62.0 Å². The van der Waals surface area contributed by atoms with Gasteiger partial charge in [0.15, 0.2) is 0 Å². The first-order chi connectivity index (χ1) is 9.54. The molecule has 3 N–H and O–H groups in total. The lowest BCUT2D eigenvalue weighted by Gasteiger charge is -2.22. The van der Waals surface area contributed by atoms with E-state index in [2.05, 4.69) is 23.9 Å². The molecule has 20 heavy (non-hydrogen) atoms. The number of aliphatic hydroxyl groups is 1. The second kappa shape index (κ2) is 6.92. The molecule has 0 amide bonds. The molecule has 1 aromatic carbocycles. The van der Waals surface area contributed by atoms with Crippen molar-refractivity contribution in [1.82, 2.24) is 9.80 Å². The quantitative estimate of drug-likeness (QED) is 0.749. The van der Waals surface area contributed by atoms with Crippen molar-refractivity contribution in [1.29, 1.82) is 0 Å². The van der Waals surface area contributed by atoms with Gasteiger partial charge in [0.2, 0.25) is 0 Å². The molecule has 0 saturated carbocycles. The van der Waals surface area contributed by atoms with Gasteiger partial charge in [-0.1, -0.05) is 0 Å². The average Bonchev–Trinajstić information content (AvgIpc) is 2.87. The number of rotatable bonds is 6. The molecule has 5 nitrogen and oxygen atoms in total. The molecule has 0 aromatic heterocycles. The first kappa shape index (κ1) is 15.1. The van der Waals surface area contributed by atoms with Crippen molar-refractivity contribution in [2.75, 3.05) is 46.1 Å². The summed E-state index contributed by atoms with van der Waals surface area (Å²) in [6.07, 6.45) is 0.701. The first-order valence-electron chi connectivity index (χ1n) is 7.10. The van der Waals surface area contributed by atoms with Crippen LogP contribution in [-0.2, 0) is 0 Å². The fourth-order valence-electron chi connectivity index (χ4n) is 2.51. The van der Waals surface area contributed by atoms with Crippen molar-refractivity contribution in [3.8, 4) is 5.75 Å². The minimum atomic E-state index is -0.464. The molecule has 1 fully saturated rings. The van der Waals surface area contributed by atoms with E-state index in [0.717, 1.165) is 18.8 Å². The Kier molecular flexibility index (Phi) is 5.23. The maximum atomic E-state index is 10.0. The second-order valence-electron chi connectivity index (χ2n) is 5.70. The van der Waals surface area contributed by atoms with Crippen LogP contribution in [0.4, 0.5) is 5.69 Å². The third-order valence-electron chi connectivity index (χ3n) is 3.77. The summed E-state index contributed by atoms with van der Waals surface area (Å²) in [6, 6.07) is 7.83. The molecule has 5 heteroatoms. The third kappa shape index (κ3) is 4.37. The molecule has 1 heterocycles. The summed E-state index contributed by atoms with van der Waals surface area (Å²) in [5.74, 6) is 0.742. The maximum absolute atomic E-state index is 10.0. The van der Waals surface area contributed by atoms with Crippen molar-refractivity contribution < 1.29 is 9.84 Å². The monoisotopic (exact) mass is 279 g/mol. The molecule has 0 spiro atoms. The van der Waals surface area contributed by atoms with Crippen molar-refractivity contribution in [3.63, 3.8) is 0 Å². The molecular weight excluding hydrogens is 254 g/mol. The van der Waals surface area contributed by atoms with Crippen molar-refractivity contribution in [2.45, 2.75) is 18.6 Å². The van der Waals surface area contributed by atoms with Crippen LogP contribution in [0.3, 0.4) is 0 Å². The Bertz CT molecular complexity index is 408. The van der Waals surface area contributed by atoms with E-state index in [9.17, 15) is 5.11 Å². The molecule has 1 aromatic rings. The Morgan fingerprint density at radius 2 is 2.10 bits per heavy atom. The highest BCUT2D eigenvalue weighted by molar-refractivity contribution is 5.41. The van der Waals surface area contributed by atoms with Crippen LogP contribution in [0.15, 0.2) is 24.3 Å². The number of benzene rings is 1. The number of anilines is 1. The summed E-state index contributed by atoms with van der Waals surface area (Å²) in [4.78, 5) is 4.54. The fraction of sp³-hybridized carbons (Fsp3) is 0.600. The molecule has 1 aliphatic heterocycles. The number of likely N-dealkylation sites (N-methyl/N-ethyl adjacent to an activating group) is 1. The largest absolute Gasteiger partial charge is 0.491 e. The lowest BCUT2D eigenvalue weighted by Crippen LogP contribution is -2.37. The highest BCUT2D eigenvalue weighted by Gasteiger charge is 2.25. The number of ether oxygens (including phenoxy) is 1. The van der Waals surface area contributed by atoms with Gasteiger partial charge in [-0.3, -0.25) is 4.90 Å². The average molecular weight is 279 g/mol. The number of nitrogens with two attached hydrogens (primary N) is 1.